The molecule has 6 nitrogen and oxygen atoms in total. The Balaban J connectivity index is 1.71. The third kappa shape index (κ3) is 4.14. The minimum atomic E-state index is -3.67. The molecule has 0 spiro atoms. The number of hydrogen-bond donors (Lipinski definition) is 1. The van der Waals surface area contributed by atoms with E-state index in [-0.39, 0.29) is 23.3 Å². The number of benzene rings is 2. The summed E-state index contributed by atoms with van der Waals surface area (Å²) in [5, 5.41) is 0. The average Bonchev–Trinajstić information content (AvgIpc) is 3.01. The third-order valence-electron chi connectivity index (χ3n) is 4.77. The molecule has 2 aromatic rings. The Morgan fingerprint density at radius 2 is 1.78 bits per heavy atom. The molecule has 0 bridgehead atoms. The van der Waals surface area contributed by atoms with Gasteiger partial charge in [-0.2, -0.15) is 0 Å². The molecule has 1 N–H and O–H groups in total. The van der Waals surface area contributed by atoms with Gasteiger partial charge in [0.05, 0.1) is 12.0 Å². The third-order valence-corrected chi connectivity index (χ3v) is 6.50. The van der Waals surface area contributed by atoms with Crippen molar-refractivity contribution < 1.29 is 17.9 Å². The molecule has 0 radical (unpaired) electrons. The number of amides is 1. The smallest absolute Gasteiger partial charge is 0.241 e. The molecule has 1 aliphatic heterocycles. The number of aryl methyl sites for hydroxylation is 2. The lowest BCUT2D eigenvalue weighted by atomic mass is 10.1. The number of carbonyl (C=O) groups is 1. The van der Waals surface area contributed by atoms with Gasteiger partial charge < -0.3 is 9.64 Å². The number of nitrogens with one attached hydrogen (secondary N) is 1. The molecule has 1 amide bonds. The van der Waals surface area contributed by atoms with Crippen LogP contribution in [-0.4, -0.2) is 34.5 Å². The summed E-state index contributed by atoms with van der Waals surface area (Å²) in [4.78, 5) is 14.3. The van der Waals surface area contributed by atoms with Crippen LogP contribution < -0.4 is 14.4 Å². The van der Waals surface area contributed by atoms with Crippen molar-refractivity contribution in [1.29, 1.82) is 0 Å². The van der Waals surface area contributed by atoms with Gasteiger partial charge in [-0.05, 0) is 55.2 Å². The molecule has 144 valence electrons. The number of nitrogens with zero attached hydrogens (tertiary/aromatic N) is 1. The van der Waals surface area contributed by atoms with E-state index in [0.29, 0.717) is 29.8 Å². The summed E-state index contributed by atoms with van der Waals surface area (Å²) in [7, 11) is -2.12. The van der Waals surface area contributed by atoms with Gasteiger partial charge in [0.25, 0.3) is 0 Å². The fourth-order valence-corrected chi connectivity index (χ4v) is 5.09. The molecule has 1 unspecified atom stereocenters. The van der Waals surface area contributed by atoms with E-state index >= 15 is 0 Å². The number of hydrogen-bond acceptors (Lipinski definition) is 4. The largest absolute Gasteiger partial charge is 0.497 e. The number of ether oxygens (including phenoxy) is 1. The summed E-state index contributed by atoms with van der Waals surface area (Å²) in [5.41, 5.74) is 2.11. The van der Waals surface area contributed by atoms with Crippen LogP contribution in [0.3, 0.4) is 0 Å². The lowest BCUT2D eigenvalue weighted by molar-refractivity contribution is -0.117. The molecule has 2 aromatic carbocycles. The van der Waals surface area contributed by atoms with Crippen LogP contribution in [0.4, 0.5) is 5.69 Å². The summed E-state index contributed by atoms with van der Waals surface area (Å²) in [6.07, 6.45) is 0.331. The van der Waals surface area contributed by atoms with E-state index < -0.39 is 10.0 Å². The first-order valence-electron chi connectivity index (χ1n) is 8.82. The van der Waals surface area contributed by atoms with Crippen molar-refractivity contribution in [2.24, 2.45) is 5.92 Å². The zero-order valence-electron chi connectivity index (χ0n) is 15.7. The number of rotatable bonds is 6. The SMILES string of the molecule is COc1cc(C)c(S(=O)(=O)NCC2CC(=O)N(c3ccccc3)C2)c(C)c1. The first-order valence-corrected chi connectivity index (χ1v) is 10.3. The molecule has 0 aliphatic carbocycles. The summed E-state index contributed by atoms with van der Waals surface area (Å²) in [5.74, 6) is 0.581. The van der Waals surface area contributed by atoms with Crippen molar-refractivity contribution in [2.45, 2.75) is 25.2 Å². The van der Waals surface area contributed by atoms with E-state index in [4.69, 9.17) is 4.74 Å². The fourth-order valence-electron chi connectivity index (χ4n) is 3.53. The van der Waals surface area contributed by atoms with E-state index in [2.05, 4.69) is 4.72 Å². The van der Waals surface area contributed by atoms with E-state index in [1.165, 1.54) is 0 Å². The van der Waals surface area contributed by atoms with Crippen LogP contribution in [0, 0.1) is 19.8 Å². The fraction of sp³-hybridized carbons (Fsp3) is 0.350. The topological polar surface area (TPSA) is 75.7 Å². The lowest BCUT2D eigenvalue weighted by Gasteiger charge is -2.17. The molecule has 0 aromatic heterocycles. The van der Waals surface area contributed by atoms with Crippen molar-refractivity contribution in [3.8, 4) is 5.75 Å². The maximum absolute atomic E-state index is 12.8. The Hall–Kier alpha value is -2.38. The Morgan fingerprint density at radius 1 is 1.15 bits per heavy atom. The highest BCUT2D eigenvalue weighted by Gasteiger charge is 2.32. The van der Waals surface area contributed by atoms with Gasteiger partial charge in [-0.15, -0.1) is 0 Å². The van der Waals surface area contributed by atoms with E-state index in [9.17, 15) is 13.2 Å². The molecule has 27 heavy (non-hydrogen) atoms. The van der Waals surface area contributed by atoms with Gasteiger partial charge in [-0.25, -0.2) is 13.1 Å². The lowest BCUT2D eigenvalue weighted by Crippen LogP contribution is -2.32. The second kappa shape index (κ2) is 7.70. The summed E-state index contributed by atoms with van der Waals surface area (Å²) in [6.45, 7) is 4.23. The van der Waals surface area contributed by atoms with Gasteiger partial charge in [-0.1, -0.05) is 18.2 Å². The van der Waals surface area contributed by atoms with Crippen molar-refractivity contribution in [1.82, 2.24) is 4.72 Å². The molecule has 1 aliphatic rings. The zero-order valence-corrected chi connectivity index (χ0v) is 16.5. The van der Waals surface area contributed by atoms with Crippen LogP contribution in [0.5, 0.6) is 5.75 Å². The van der Waals surface area contributed by atoms with Gasteiger partial charge in [0.2, 0.25) is 15.9 Å². The molecule has 1 fully saturated rings. The summed E-state index contributed by atoms with van der Waals surface area (Å²) >= 11 is 0. The standard InChI is InChI=1S/C20H24N2O4S/c1-14-9-18(26-3)10-15(2)20(14)27(24,25)21-12-16-11-19(23)22(13-16)17-7-5-4-6-8-17/h4-10,16,21H,11-13H2,1-3H3. The Kier molecular flexibility index (Phi) is 5.53. The highest BCUT2D eigenvalue weighted by molar-refractivity contribution is 7.89. The van der Waals surface area contributed by atoms with Crippen LogP contribution in [0.2, 0.25) is 0 Å². The van der Waals surface area contributed by atoms with Crippen LogP contribution >= 0.6 is 0 Å². The quantitative estimate of drug-likeness (QED) is 0.825. The van der Waals surface area contributed by atoms with E-state index in [0.717, 1.165) is 5.69 Å². The molecular formula is C20H24N2O4S. The molecule has 0 saturated carbocycles. The van der Waals surface area contributed by atoms with Crippen molar-refractivity contribution in [3.05, 3.63) is 53.6 Å². The number of para-hydroxylation sites is 1. The van der Waals surface area contributed by atoms with Gasteiger partial charge in [0.1, 0.15) is 5.75 Å². The molecule has 1 saturated heterocycles. The summed E-state index contributed by atoms with van der Waals surface area (Å²) in [6, 6.07) is 12.8. The minimum absolute atomic E-state index is 0.0159. The van der Waals surface area contributed by atoms with E-state index in [1.54, 1.807) is 38.0 Å². The second-order valence-electron chi connectivity index (χ2n) is 6.85. The highest BCUT2D eigenvalue weighted by Crippen LogP contribution is 2.27. The van der Waals surface area contributed by atoms with Gasteiger partial charge in [-0.3, -0.25) is 4.79 Å². The first-order chi connectivity index (χ1) is 12.8. The second-order valence-corrected chi connectivity index (χ2v) is 8.56. The van der Waals surface area contributed by atoms with Crippen molar-refractivity contribution in [2.75, 3.05) is 25.1 Å². The highest BCUT2D eigenvalue weighted by atomic mass is 32.2. The minimum Gasteiger partial charge on any atom is -0.497 e. The predicted octanol–water partition coefficient (Wildman–Crippen LogP) is 2.64. The maximum Gasteiger partial charge on any atom is 0.241 e. The molecule has 1 atom stereocenters. The molecule has 7 heteroatoms. The van der Waals surface area contributed by atoms with Crippen LogP contribution in [0.25, 0.3) is 0 Å². The van der Waals surface area contributed by atoms with Crippen LogP contribution in [-0.2, 0) is 14.8 Å². The molecule has 3 rings (SSSR count). The number of sulfonamides is 1. The number of methoxy groups -OCH3 is 1. The zero-order chi connectivity index (χ0) is 19.6. The molecule has 1 heterocycles. The normalized spacial score (nSPS) is 17.4. The van der Waals surface area contributed by atoms with Gasteiger partial charge in [0.15, 0.2) is 0 Å². The maximum atomic E-state index is 12.8. The number of anilines is 1. The Bertz CT molecular complexity index is 919. The van der Waals surface area contributed by atoms with Gasteiger partial charge in [0, 0.05) is 25.2 Å². The van der Waals surface area contributed by atoms with Crippen molar-refractivity contribution >= 4 is 21.6 Å². The average molecular weight is 388 g/mol. The van der Waals surface area contributed by atoms with Crippen LogP contribution in [0.15, 0.2) is 47.4 Å². The predicted molar refractivity (Wildman–Crippen MR) is 105 cm³/mol. The molecular weight excluding hydrogens is 364 g/mol. The Morgan fingerprint density at radius 3 is 2.37 bits per heavy atom. The first kappa shape index (κ1) is 19.4. The van der Waals surface area contributed by atoms with Crippen LogP contribution in [0.1, 0.15) is 17.5 Å². The van der Waals surface area contributed by atoms with Gasteiger partial charge >= 0.3 is 0 Å². The van der Waals surface area contributed by atoms with Crippen molar-refractivity contribution in [3.63, 3.8) is 0 Å². The monoisotopic (exact) mass is 388 g/mol. The number of carbonyl (C=O) groups excluding carboxylic acids is 1. The summed E-state index contributed by atoms with van der Waals surface area (Å²) < 4.78 is 33.5. The van der Waals surface area contributed by atoms with E-state index in [1.807, 2.05) is 30.3 Å². The Labute approximate surface area is 160 Å².